The molecule has 1 aliphatic carbocycles. The zero-order valence-electron chi connectivity index (χ0n) is 21.2. The predicted octanol–water partition coefficient (Wildman–Crippen LogP) is 2.42. The molecule has 10 nitrogen and oxygen atoms in total. The summed E-state index contributed by atoms with van der Waals surface area (Å²) in [6, 6.07) is 14.9. The molecular formula is C27H33N3O7. The van der Waals surface area contributed by atoms with Gasteiger partial charge >= 0.3 is 12.1 Å². The normalized spacial score (nSPS) is 13.2. The van der Waals surface area contributed by atoms with Crippen molar-refractivity contribution >= 4 is 23.9 Å². The van der Waals surface area contributed by atoms with Crippen molar-refractivity contribution in [1.82, 2.24) is 16.0 Å². The van der Waals surface area contributed by atoms with E-state index in [-0.39, 0.29) is 32.1 Å². The van der Waals surface area contributed by atoms with Crippen LogP contribution in [0.3, 0.4) is 0 Å². The number of hydrogen-bond donors (Lipinski definition) is 4. The summed E-state index contributed by atoms with van der Waals surface area (Å²) >= 11 is 0. The number of benzene rings is 2. The summed E-state index contributed by atoms with van der Waals surface area (Å²) in [6.07, 6.45) is -1.01. The van der Waals surface area contributed by atoms with E-state index < -0.39 is 42.1 Å². The van der Waals surface area contributed by atoms with Crippen LogP contribution in [0, 0.1) is 0 Å². The van der Waals surface area contributed by atoms with Gasteiger partial charge in [0.15, 0.2) is 0 Å². The Morgan fingerprint density at radius 1 is 0.946 bits per heavy atom. The molecule has 1 aliphatic rings. The molecule has 1 unspecified atom stereocenters. The minimum atomic E-state index is -1.06. The topological polar surface area (TPSA) is 143 Å². The van der Waals surface area contributed by atoms with Crippen LogP contribution in [-0.4, -0.2) is 66.9 Å². The number of amides is 3. The Labute approximate surface area is 215 Å². The summed E-state index contributed by atoms with van der Waals surface area (Å²) < 4.78 is 11.0. The molecule has 0 fully saturated rings. The highest BCUT2D eigenvalue weighted by molar-refractivity contribution is 5.89. The summed E-state index contributed by atoms with van der Waals surface area (Å²) in [7, 11) is 0. The molecule has 1 atom stereocenters. The van der Waals surface area contributed by atoms with Gasteiger partial charge < -0.3 is 30.5 Å². The molecule has 0 heterocycles. The fourth-order valence-corrected chi connectivity index (χ4v) is 3.98. The molecule has 198 valence electrons. The molecule has 0 spiro atoms. The van der Waals surface area contributed by atoms with Gasteiger partial charge in [-0.05, 0) is 43.0 Å². The Morgan fingerprint density at radius 3 is 2.11 bits per heavy atom. The number of carbonyl (C=O) groups excluding carboxylic acids is 3. The van der Waals surface area contributed by atoms with Crippen LogP contribution in [0.4, 0.5) is 4.79 Å². The average Bonchev–Trinajstić information content (AvgIpc) is 3.17. The van der Waals surface area contributed by atoms with Gasteiger partial charge in [0.1, 0.15) is 19.2 Å². The van der Waals surface area contributed by atoms with E-state index in [0.29, 0.717) is 0 Å². The lowest BCUT2D eigenvalue weighted by Gasteiger charge is -2.24. The number of aliphatic carboxylic acids is 1. The molecule has 2 aromatic carbocycles. The third-order valence-corrected chi connectivity index (χ3v) is 5.71. The van der Waals surface area contributed by atoms with Gasteiger partial charge in [0, 0.05) is 12.5 Å². The summed E-state index contributed by atoms with van der Waals surface area (Å²) in [4.78, 5) is 47.9. The molecular weight excluding hydrogens is 478 g/mol. The number of alkyl carbamates (subject to hydrolysis) is 1. The number of carboxylic acids is 1. The van der Waals surface area contributed by atoms with Gasteiger partial charge in [0.25, 0.3) is 0 Å². The van der Waals surface area contributed by atoms with Crippen molar-refractivity contribution < 1.29 is 33.8 Å². The number of carbonyl (C=O) groups is 4. The zero-order chi connectivity index (χ0) is 27.0. The third kappa shape index (κ3) is 8.04. The molecule has 37 heavy (non-hydrogen) atoms. The first-order valence-corrected chi connectivity index (χ1v) is 12.1. The van der Waals surface area contributed by atoms with Crippen molar-refractivity contribution in [3.8, 4) is 11.1 Å². The van der Waals surface area contributed by atoms with Gasteiger partial charge in [-0.25, -0.2) is 4.79 Å². The van der Waals surface area contributed by atoms with E-state index in [1.165, 1.54) is 0 Å². The second-order valence-corrected chi connectivity index (χ2v) is 9.66. The summed E-state index contributed by atoms with van der Waals surface area (Å²) in [6.45, 7) is 4.88. The van der Waals surface area contributed by atoms with Crippen LogP contribution >= 0.6 is 0 Å². The molecule has 0 saturated carbocycles. The number of carboxylic acid groups (broad SMARTS) is 1. The molecule has 2 aromatic rings. The minimum Gasteiger partial charge on any atom is -0.481 e. The standard InChI is InChI=1S/C27H33N3O7/c1-27(2,3)37-16-22(25(34)28-13-12-24(32)33)30-23(31)14-29-26(35)36-15-21-19-10-6-4-8-17(19)18-9-5-7-11-20(18)21/h4-11,21-22H,12-16H2,1-3H3,(H,28,34)(H,29,35)(H,30,31)(H,32,33). The van der Waals surface area contributed by atoms with E-state index in [2.05, 4.69) is 16.0 Å². The van der Waals surface area contributed by atoms with Gasteiger partial charge in [-0.1, -0.05) is 48.5 Å². The first-order chi connectivity index (χ1) is 17.5. The first kappa shape index (κ1) is 27.7. The summed E-state index contributed by atoms with van der Waals surface area (Å²) in [5, 5.41) is 16.1. The maximum atomic E-state index is 12.5. The lowest BCUT2D eigenvalue weighted by Crippen LogP contribution is -2.52. The Kier molecular flexibility index (Phi) is 9.24. The van der Waals surface area contributed by atoms with Crippen molar-refractivity contribution in [2.75, 3.05) is 26.3 Å². The number of nitrogens with one attached hydrogen (secondary N) is 3. The van der Waals surface area contributed by atoms with E-state index >= 15 is 0 Å². The van der Waals surface area contributed by atoms with Crippen LogP contribution in [-0.2, 0) is 23.9 Å². The second-order valence-electron chi connectivity index (χ2n) is 9.66. The van der Waals surface area contributed by atoms with E-state index in [4.69, 9.17) is 14.6 Å². The van der Waals surface area contributed by atoms with Crippen LogP contribution < -0.4 is 16.0 Å². The molecule has 0 radical (unpaired) electrons. The molecule has 0 aliphatic heterocycles. The van der Waals surface area contributed by atoms with Crippen molar-refractivity contribution in [2.24, 2.45) is 0 Å². The zero-order valence-corrected chi connectivity index (χ0v) is 21.2. The lowest BCUT2D eigenvalue weighted by molar-refractivity contribution is -0.137. The smallest absolute Gasteiger partial charge is 0.407 e. The third-order valence-electron chi connectivity index (χ3n) is 5.71. The van der Waals surface area contributed by atoms with Crippen molar-refractivity contribution in [1.29, 1.82) is 0 Å². The van der Waals surface area contributed by atoms with Crippen LogP contribution in [0.1, 0.15) is 44.2 Å². The second kappa shape index (κ2) is 12.4. The van der Waals surface area contributed by atoms with Crippen molar-refractivity contribution in [3.63, 3.8) is 0 Å². The number of rotatable bonds is 11. The van der Waals surface area contributed by atoms with Gasteiger partial charge in [-0.2, -0.15) is 0 Å². The minimum absolute atomic E-state index is 0.0892. The SMILES string of the molecule is CC(C)(C)OCC(NC(=O)CNC(=O)OCC1c2ccccc2-c2ccccc21)C(=O)NCCC(=O)O. The number of ether oxygens (including phenoxy) is 2. The quantitative estimate of drug-likeness (QED) is 0.363. The molecule has 10 heteroatoms. The summed E-state index contributed by atoms with van der Waals surface area (Å²) in [5.41, 5.74) is 3.80. The molecule has 0 saturated heterocycles. The van der Waals surface area contributed by atoms with Crippen LogP contribution in [0.2, 0.25) is 0 Å². The number of hydrogen-bond acceptors (Lipinski definition) is 6. The van der Waals surface area contributed by atoms with E-state index in [1.807, 2.05) is 48.5 Å². The monoisotopic (exact) mass is 511 g/mol. The van der Waals surface area contributed by atoms with Crippen molar-refractivity contribution in [3.05, 3.63) is 59.7 Å². The van der Waals surface area contributed by atoms with Gasteiger partial charge in [-0.15, -0.1) is 0 Å². The molecule has 0 bridgehead atoms. The van der Waals surface area contributed by atoms with Gasteiger partial charge in [0.05, 0.1) is 18.6 Å². The van der Waals surface area contributed by atoms with Crippen LogP contribution in [0.15, 0.2) is 48.5 Å². The summed E-state index contributed by atoms with van der Waals surface area (Å²) in [5.74, 6) is -2.37. The Morgan fingerprint density at radius 2 is 1.54 bits per heavy atom. The first-order valence-electron chi connectivity index (χ1n) is 12.1. The van der Waals surface area contributed by atoms with E-state index in [0.717, 1.165) is 22.3 Å². The lowest BCUT2D eigenvalue weighted by atomic mass is 9.98. The Bertz CT molecular complexity index is 1100. The predicted molar refractivity (Wildman–Crippen MR) is 136 cm³/mol. The maximum Gasteiger partial charge on any atom is 0.407 e. The highest BCUT2D eigenvalue weighted by Crippen LogP contribution is 2.44. The number of fused-ring (bicyclic) bond motifs is 3. The van der Waals surface area contributed by atoms with Crippen LogP contribution in [0.25, 0.3) is 11.1 Å². The maximum absolute atomic E-state index is 12.5. The average molecular weight is 512 g/mol. The van der Waals surface area contributed by atoms with E-state index in [9.17, 15) is 19.2 Å². The van der Waals surface area contributed by atoms with Gasteiger partial charge in [-0.3, -0.25) is 14.4 Å². The molecule has 4 N–H and O–H groups in total. The van der Waals surface area contributed by atoms with Gasteiger partial charge in [0.2, 0.25) is 11.8 Å². The molecule has 0 aromatic heterocycles. The molecule has 3 rings (SSSR count). The largest absolute Gasteiger partial charge is 0.481 e. The fourth-order valence-electron chi connectivity index (χ4n) is 3.98. The fraction of sp³-hybridized carbons (Fsp3) is 0.407. The Balaban J connectivity index is 1.51. The van der Waals surface area contributed by atoms with Crippen molar-refractivity contribution in [2.45, 2.75) is 44.8 Å². The highest BCUT2D eigenvalue weighted by Gasteiger charge is 2.29. The Hall–Kier alpha value is -3.92. The highest BCUT2D eigenvalue weighted by atomic mass is 16.5. The molecule has 3 amide bonds. The van der Waals surface area contributed by atoms with E-state index in [1.54, 1.807) is 20.8 Å². The van der Waals surface area contributed by atoms with Crippen LogP contribution in [0.5, 0.6) is 0 Å².